The number of nitrogens with zero attached hydrogens (tertiary/aromatic N) is 2. The fourth-order valence-corrected chi connectivity index (χ4v) is 2.84. The molecule has 0 saturated carbocycles. The molecular weight excluding hydrogens is 260 g/mol. The molecule has 1 aromatic heterocycles. The highest BCUT2D eigenvalue weighted by molar-refractivity contribution is 7.18. The number of nitriles is 1. The maximum Gasteiger partial charge on any atom is 0.185 e. The fourth-order valence-electron chi connectivity index (χ4n) is 1.82. The maximum absolute atomic E-state index is 12.2. The van der Waals surface area contributed by atoms with Gasteiger partial charge in [-0.1, -0.05) is 12.1 Å². The Balaban J connectivity index is 2.31. The number of aromatic nitrogens is 1. The monoisotopic (exact) mass is 274 g/mol. The van der Waals surface area contributed by atoms with E-state index in [0.29, 0.717) is 11.6 Å². The largest absolute Gasteiger partial charge is 0.371 e. The van der Waals surface area contributed by atoms with Crippen molar-refractivity contribution in [2.24, 2.45) is 0 Å². The van der Waals surface area contributed by atoms with Crippen molar-refractivity contribution in [3.63, 3.8) is 0 Å². The van der Waals surface area contributed by atoms with Gasteiger partial charge in [0.05, 0.1) is 16.3 Å². The first-order chi connectivity index (χ1) is 9.17. The summed E-state index contributed by atoms with van der Waals surface area (Å²) in [5.74, 6) is -1.08. The van der Waals surface area contributed by atoms with E-state index < -0.39 is 12.0 Å². The lowest BCUT2D eigenvalue weighted by molar-refractivity contribution is -0.129. The number of hydrogen-bond donors (Lipinski definition) is 0. The molecule has 98 valence electrons. The predicted molar refractivity (Wildman–Crippen MR) is 74.1 cm³/mol. The number of fused-ring (bicyclic) bond motifs is 1. The average Bonchev–Trinajstić information content (AvgIpc) is 2.83. The highest BCUT2D eigenvalue weighted by Crippen LogP contribution is 2.28. The van der Waals surface area contributed by atoms with Crippen LogP contribution in [0.5, 0.6) is 0 Å². The minimum atomic E-state index is -0.848. The Labute approximate surface area is 115 Å². The van der Waals surface area contributed by atoms with E-state index in [-0.39, 0.29) is 5.78 Å². The topological polar surface area (TPSA) is 63.0 Å². The van der Waals surface area contributed by atoms with Crippen molar-refractivity contribution < 1.29 is 9.53 Å². The van der Waals surface area contributed by atoms with Gasteiger partial charge in [-0.3, -0.25) is 4.79 Å². The summed E-state index contributed by atoms with van der Waals surface area (Å²) >= 11 is 1.38. The summed E-state index contributed by atoms with van der Waals surface area (Å²) in [6.45, 7) is 3.94. The lowest BCUT2D eigenvalue weighted by atomic mass is 10.0. The second-order valence-corrected chi connectivity index (χ2v) is 5.14. The van der Waals surface area contributed by atoms with E-state index in [1.807, 2.05) is 37.3 Å². The van der Waals surface area contributed by atoms with Crippen LogP contribution in [0.1, 0.15) is 24.8 Å². The van der Waals surface area contributed by atoms with Crippen LogP contribution in [0, 0.1) is 11.3 Å². The molecule has 0 N–H and O–H groups in total. The van der Waals surface area contributed by atoms with Crippen molar-refractivity contribution in [2.75, 3.05) is 6.61 Å². The van der Waals surface area contributed by atoms with E-state index in [2.05, 4.69) is 4.98 Å². The van der Waals surface area contributed by atoms with Gasteiger partial charge in [-0.05, 0) is 26.0 Å². The molecule has 19 heavy (non-hydrogen) atoms. The van der Waals surface area contributed by atoms with E-state index >= 15 is 0 Å². The zero-order valence-corrected chi connectivity index (χ0v) is 11.6. The molecule has 1 aromatic carbocycles. The van der Waals surface area contributed by atoms with Crippen LogP contribution >= 0.6 is 11.3 Å². The molecule has 0 saturated heterocycles. The highest BCUT2D eigenvalue weighted by atomic mass is 32.1. The highest BCUT2D eigenvalue weighted by Gasteiger charge is 2.28. The Bertz CT molecular complexity index is 597. The average molecular weight is 274 g/mol. The molecule has 0 radical (unpaired) electrons. The number of thiazole rings is 1. The quantitative estimate of drug-likeness (QED) is 0.841. The summed E-state index contributed by atoms with van der Waals surface area (Å²) in [6.07, 6.45) is -0.582. The van der Waals surface area contributed by atoms with Crippen LogP contribution < -0.4 is 0 Å². The third-order valence-electron chi connectivity index (χ3n) is 2.79. The van der Waals surface area contributed by atoms with Crippen LogP contribution in [0.4, 0.5) is 0 Å². The number of benzene rings is 1. The van der Waals surface area contributed by atoms with Crippen LogP contribution in [-0.4, -0.2) is 23.5 Å². The first kappa shape index (κ1) is 13.7. The van der Waals surface area contributed by atoms with E-state index in [9.17, 15) is 10.1 Å². The molecule has 0 aliphatic heterocycles. The van der Waals surface area contributed by atoms with Crippen molar-refractivity contribution in [2.45, 2.75) is 25.9 Å². The van der Waals surface area contributed by atoms with Gasteiger partial charge in [0.1, 0.15) is 11.1 Å². The van der Waals surface area contributed by atoms with Gasteiger partial charge in [0.2, 0.25) is 0 Å². The third-order valence-corrected chi connectivity index (χ3v) is 3.89. The van der Waals surface area contributed by atoms with Gasteiger partial charge >= 0.3 is 0 Å². The second kappa shape index (κ2) is 5.91. The first-order valence-corrected chi connectivity index (χ1v) is 6.89. The fraction of sp³-hybridized carbons (Fsp3) is 0.357. The Morgan fingerprint density at radius 1 is 1.53 bits per heavy atom. The number of rotatable bonds is 5. The van der Waals surface area contributed by atoms with Crippen molar-refractivity contribution in [1.29, 1.82) is 5.26 Å². The Kier molecular flexibility index (Phi) is 4.25. The molecule has 2 rings (SSSR count). The summed E-state index contributed by atoms with van der Waals surface area (Å²) in [5.41, 5.74) is 0.819. The van der Waals surface area contributed by atoms with Gasteiger partial charge in [-0.2, -0.15) is 5.26 Å². The lowest BCUT2D eigenvalue weighted by Crippen LogP contribution is -2.26. The van der Waals surface area contributed by atoms with Gasteiger partial charge in [0.25, 0.3) is 0 Å². The van der Waals surface area contributed by atoms with E-state index in [1.165, 1.54) is 11.3 Å². The molecule has 0 spiro atoms. The molecule has 5 heteroatoms. The van der Waals surface area contributed by atoms with Crippen LogP contribution in [0.25, 0.3) is 10.2 Å². The maximum atomic E-state index is 12.2. The van der Waals surface area contributed by atoms with Crippen molar-refractivity contribution in [3.8, 4) is 6.07 Å². The number of ether oxygens (including phenoxy) is 1. The van der Waals surface area contributed by atoms with Gasteiger partial charge < -0.3 is 4.74 Å². The summed E-state index contributed by atoms with van der Waals surface area (Å²) in [5, 5.41) is 9.77. The van der Waals surface area contributed by atoms with Crippen molar-refractivity contribution >= 4 is 27.3 Å². The molecular formula is C14H14N2O2S. The molecule has 0 amide bonds. The molecule has 2 atom stereocenters. The summed E-state index contributed by atoms with van der Waals surface area (Å²) in [7, 11) is 0. The molecule has 0 aliphatic rings. The number of ketones is 1. The minimum Gasteiger partial charge on any atom is -0.371 e. The summed E-state index contributed by atoms with van der Waals surface area (Å²) < 4.78 is 6.24. The molecule has 0 bridgehead atoms. The first-order valence-electron chi connectivity index (χ1n) is 6.07. The van der Waals surface area contributed by atoms with Crippen LogP contribution in [0.15, 0.2) is 24.3 Å². The zero-order valence-electron chi connectivity index (χ0n) is 10.8. The number of para-hydroxylation sites is 1. The zero-order chi connectivity index (χ0) is 13.8. The SMILES string of the molecule is CCO[C@H](C)C(=O)[C@H](C#N)c1nc2ccccc2s1. The normalized spacial score (nSPS) is 13.9. The van der Waals surface area contributed by atoms with Crippen molar-refractivity contribution in [1.82, 2.24) is 4.98 Å². The van der Waals surface area contributed by atoms with Gasteiger partial charge in [0.15, 0.2) is 11.7 Å². The molecule has 0 fully saturated rings. The van der Waals surface area contributed by atoms with Crippen LogP contribution in [-0.2, 0) is 9.53 Å². The Morgan fingerprint density at radius 3 is 2.89 bits per heavy atom. The van der Waals surface area contributed by atoms with Gasteiger partial charge in [-0.25, -0.2) is 4.98 Å². The lowest BCUT2D eigenvalue weighted by Gasteiger charge is -2.12. The Morgan fingerprint density at radius 2 is 2.26 bits per heavy atom. The standard InChI is InChI=1S/C14H14N2O2S/c1-3-18-9(2)13(17)10(8-15)14-16-11-6-4-5-7-12(11)19-14/h4-7,9-10H,3H2,1-2H3/t9-,10+/m1/s1. The van der Waals surface area contributed by atoms with Gasteiger partial charge in [-0.15, -0.1) is 11.3 Å². The van der Waals surface area contributed by atoms with E-state index in [0.717, 1.165) is 10.2 Å². The summed E-state index contributed by atoms with van der Waals surface area (Å²) in [4.78, 5) is 16.5. The number of Topliss-reactive ketones (excluding diaryl/α,β-unsaturated/α-hetero) is 1. The smallest absolute Gasteiger partial charge is 0.185 e. The van der Waals surface area contributed by atoms with E-state index in [4.69, 9.17) is 4.74 Å². The van der Waals surface area contributed by atoms with Crippen LogP contribution in [0.3, 0.4) is 0 Å². The Hall–Kier alpha value is -1.77. The predicted octanol–water partition coefficient (Wildman–Crippen LogP) is 2.90. The minimum absolute atomic E-state index is 0.233. The number of hydrogen-bond acceptors (Lipinski definition) is 5. The number of carbonyl (C=O) groups excluding carboxylic acids is 1. The second-order valence-electron chi connectivity index (χ2n) is 4.08. The molecule has 0 unspecified atom stereocenters. The number of carbonyl (C=O) groups is 1. The third kappa shape index (κ3) is 2.80. The van der Waals surface area contributed by atoms with Gasteiger partial charge in [0, 0.05) is 6.61 Å². The molecule has 0 aliphatic carbocycles. The molecule has 4 nitrogen and oxygen atoms in total. The molecule has 2 aromatic rings. The molecule has 1 heterocycles. The summed E-state index contributed by atoms with van der Waals surface area (Å²) in [6, 6.07) is 9.64. The van der Waals surface area contributed by atoms with E-state index in [1.54, 1.807) is 6.92 Å². The van der Waals surface area contributed by atoms with Crippen molar-refractivity contribution in [3.05, 3.63) is 29.3 Å². The van der Waals surface area contributed by atoms with Crippen LogP contribution in [0.2, 0.25) is 0 Å².